The van der Waals surface area contributed by atoms with Crippen molar-refractivity contribution in [3.8, 4) is 11.5 Å². The first kappa shape index (κ1) is 11.9. The van der Waals surface area contributed by atoms with E-state index in [1.165, 1.54) is 0 Å². The molecule has 0 unspecified atom stereocenters. The average Bonchev–Trinajstić information content (AvgIpc) is 2.14. The van der Waals surface area contributed by atoms with Crippen LogP contribution in [0, 0.1) is 0 Å². The van der Waals surface area contributed by atoms with Gasteiger partial charge in [0.15, 0.2) is 0 Å². The Morgan fingerprint density at radius 2 is 1.36 bits per heavy atom. The molecule has 0 aliphatic rings. The summed E-state index contributed by atoms with van der Waals surface area (Å²) in [6.45, 7) is 5.20. The fourth-order valence-corrected chi connectivity index (χ4v) is 2.27. The molecule has 0 bridgehead atoms. The first-order valence-corrected chi connectivity index (χ1v) is 6.02. The number of hydrogen-bond donors (Lipinski definition) is 0. The van der Waals surface area contributed by atoms with Gasteiger partial charge in [-0.2, -0.15) is 0 Å². The molecule has 1 aromatic carbocycles. The smallest absolute Gasteiger partial charge is 0.137 e. The Balaban J connectivity index is 3.00. The zero-order valence-corrected chi connectivity index (χ0v) is 11.3. The highest BCUT2D eigenvalue weighted by Crippen LogP contribution is 2.36. The van der Waals surface area contributed by atoms with Crippen molar-refractivity contribution in [3.63, 3.8) is 0 Å². The van der Waals surface area contributed by atoms with Gasteiger partial charge in [0.05, 0.1) is 22.2 Å². The van der Waals surface area contributed by atoms with E-state index in [4.69, 9.17) is 9.47 Å². The fourth-order valence-electron chi connectivity index (χ4n) is 1.04. The lowest BCUT2D eigenvalue weighted by molar-refractivity contribution is 0.320. The van der Waals surface area contributed by atoms with Gasteiger partial charge in [0.25, 0.3) is 0 Å². The van der Waals surface area contributed by atoms with Crippen molar-refractivity contribution in [3.05, 3.63) is 21.1 Å². The monoisotopic (exact) mass is 322 g/mol. The molecule has 0 saturated heterocycles. The van der Waals surface area contributed by atoms with Crippen molar-refractivity contribution in [1.82, 2.24) is 0 Å². The van der Waals surface area contributed by atoms with Crippen LogP contribution in [0.3, 0.4) is 0 Å². The van der Waals surface area contributed by atoms with Gasteiger partial charge < -0.3 is 9.47 Å². The summed E-state index contributed by atoms with van der Waals surface area (Å²) >= 11 is 6.85. The summed E-state index contributed by atoms with van der Waals surface area (Å²) in [6, 6.07) is 3.80. The van der Waals surface area contributed by atoms with Crippen LogP contribution < -0.4 is 9.47 Å². The third-order valence-electron chi connectivity index (χ3n) is 1.59. The number of benzene rings is 1. The zero-order chi connectivity index (χ0) is 10.6. The Labute approximate surface area is 101 Å². The predicted octanol–water partition coefficient (Wildman–Crippen LogP) is 4.01. The second kappa shape index (κ2) is 5.61. The van der Waals surface area contributed by atoms with Gasteiger partial charge in [-0.15, -0.1) is 0 Å². The molecule has 78 valence electrons. The van der Waals surface area contributed by atoms with Crippen LogP contribution in [-0.2, 0) is 0 Å². The highest BCUT2D eigenvalue weighted by atomic mass is 79.9. The standard InChI is InChI=1S/C10H12Br2O2/c1-3-13-9-6-10(14-4-2)8(12)5-7(9)11/h5-6H,3-4H2,1-2H3. The summed E-state index contributed by atoms with van der Waals surface area (Å²) in [5, 5.41) is 0. The maximum Gasteiger partial charge on any atom is 0.137 e. The van der Waals surface area contributed by atoms with Crippen LogP contribution in [0.1, 0.15) is 13.8 Å². The van der Waals surface area contributed by atoms with E-state index in [0.29, 0.717) is 13.2 Å². The molecule has 0 amide bonds. The Hall–Kier alpha value is -0.220. The molecule has 0 radical (unpaired) electrons. The van der Waals surface area contributed by atoms with Gasteiger partial charge in [0.2, 0.25) is 0 Å². The summed E-state index contributed by atoms with van der Waals surface area (Å²) in [5.41, 5.74) is 0. The molecule has 0 saturated carbocycles. The number of hydrogen-bond acceptors (Lipinski definition) is 2. The minimum absolute atomic E-state index is 0.645. The normalized spacial score (nSPS) is 10.0. The quantitative estimate of drug-likeness (QED) is 0.833. The highest BCUT2D eigenvalue weighted by molar-refractivity contribution is 9.11. The van der Waals surface area contributed by atoms with Gasteiger partial charge in [-0.25, -0.2) is 0 Å². The molecule has 0 aliphatic heterocycles. The molecule has 0 spiro atoms. The first-order chi connectivity index (χ1) is 6.69. The maximum absolute atomic E-state index is 5.43. The van der Waals surface area contributed by atoms with E-state index in [-0.39, 0.29) is 0 Å². The third-order valence-corrected chi connectivity index (χ3v) is 2.83. The topological polar surface area (TPSA) is 18.5 Å². The van der Waals surface area contributed by atoms with Crippen LogP contribution in [-0.4, -0.2) is 13.2 Å². The van der Waals surface area contributed by atoms with Crippen molar-refractivity contribution in [2.24, 2.45) is 0 Å². The second-order valence-corrected chi connectivity index (χ2v) is 4.29. The van der Waals surface area contributed by atoms with Crippen molar-refractivity contribution in [2.75, 3.05) is 13.2 Å². The minimum atomic E-state index is 0.645. The molecule has 1 aromatic rings. The largest absolute Gasteiger partial charge is 0.493 e. The molecular weight excluding hydrogens is 312 g/mol. The molecule has 0 N–H and O–H groups in total. The second-order valence-electron chi connectivity index (χ2n) is 2.58. The van der Waals surface area contributed by atoms with E-state index in [0.717, 1.165) is 20.4 Å². The molecule has 2 nitrogen and oxygen atoms in total. The molecule has 0 atom stereocenters. The zero-order valence-electron chi connectivity index (χ0n) is 8.14. The Kier molecular flexibility index (Phi) is 4.75. The molecular formula is C10H12Br2O2. The van der Waals surface area contributed by atoms with E-state index in [9.17, 15) is 0 Å². The van der Waals surface area contributed by atoms with E-state index in [1.54, 1.807) is 0 Å². The Bertz CT molecular complexity index is 286. The summed E-state index contributed by atoms with van der Waals surface area (Å²) in [5.74, 6) is 1.61. The van der Waals surface area contributed by atoms with E-state index in [2.05, 4.69) is 31.9 Å². The maximum atomic E-state index is 5.43. The molecule has 4 heteroatoms. The lowest BCUT2D eigenvalue weighted by Crippen LogP contribution is -1.96. The van der Waals surface area contributed by atoms with Gasteiger partial charge >= 0.3 is 0 Å². The number of ether oxygens (including phenoxy) is 2. The number of rotatable bonds is 4. The Morgan fingerprint density at radius 1 is 0.929 bits per heavy atom. The van der Waals surface area contributed by atoms with Crippen molar-refractivity contribution in [1.29, 1.82) is 0 Å². The van der Waals surface area contributed by atoms with E-state index in [1.807, 2.05) is 26.0 Å². The number of halogens is 2. The average molecular weight is 324 g/mol. The molecule has 1 rings (SSSR count). The lowest BCUT2D eigenvalue weighted by atomic mass is 10.3. The van der Waals surface area contributed by atoms with Gasteiger partial charge in [0, 0.05) is 6.07 Å². The highest BCUT2D eigenvalue weighted by Gasteiger charge is 2.07. The predicted molar refractivity (Wildman–Crippen MR) is 64.2 cm³/mol. The summed E-state index contributed by atoms with van der Waals surface area (Å²) in [6.07, 6.45) is 0. The van der Waals surface area contributed by atoms with Crippen LogP contribution in [0.25, 0.3) is 0 Å². The Morgan fingerprint density at radius 3 is 1.71 bits per heavy atom. The molecule has 0 aromatic heterocycles. The molecule has 0 aliphatic carbocycles. The third kappa shape index (κ3) is 2.89. The summed E-state index contributed by atoms with van der Waals surface area (Å²) in [4.78, 5) is 0. The van der Waals surface area contributed by atoms with Crippen LogP contribution in [0.4, 0.5) is 0 Å². The SMILES string of the molecule is CCOc1cc(OCC)c(Br)cc1Br. The van der Waals surface area contributed by atoms with Crippen molar-refractivity contribution >= 4 is 31.9 Å². The van der Waals surface area contributed by atoms with Crippen molar-refractivity contribution in [2.45, 2.75) is 13.8 Å². The van der Waals surface area contributed by atoms with Gasteiger partial charge in [-0.3, -0.25) is 0 Å². The van der Waals surface area contributed by atoms with Gasteiger partial charge in [0.1, 0.15) is 11.5 Å². The van der Waals surface area contributed by atoms with Gasteiger partial charge in [-0.1, -0.05) is 0 Å². The van der Waals surface area contributed by atoms with Gasteiger partial charge in [-0.05, 0) is 51.8 Å². The van der Waals surface area contributed by atoms with E-state index < -0.39 is 0 Å². The van der Waals surface area contributed by atoms with E-state index >= 15 is 0 Å². The molecule has 14 heavy (non-hydrogen) atoms. The lowest BCUT2D eigenvalue weighted by Gasteiger charge is -2.10. The summed E-state index contributed by atoms with van der Waals surface area (Å²) < 4.78 is 12.7. The fraction of sp³-hybridized carbons (Fsp3) is 0.400. The molecule has 0 fully saturated rings. The summed E-state index contributed by atoms with van der Waals surface area (Å²) in [7, 11) is 0. The van der Waals surface area contributed by atoms with Crippen LogP contribution in [0.15, 0.2) is 21.1 Å². The molecule has 0 heterocycles. The minimum Gasteiger partial charge on any atom is -0.493 e. The van der Waals surface area contributed by atoms with Crippen LogP contribution in [0.2, 0.25) is 0 Å². The first-order valence-electron chi connectivity index (χ1n) is 4.43. The van der Waals surface area contributed by atoms with Crippen LogP contribution in [0.5, 0.6) is 11.5 Å². The van der Waals surface area contributed by atoms with Crippen molar-refractivity contribution < 1.29 is 9.47 Å². The van der Waals surface area contributed by atoms with Crippen LogP contribution >= 0.6 is 31.9 Å².